The van der Waals surface area contributed by atoms with Gasteiger partial charge in [0, 0.05) is 22.2 Å². The molecule has 2 aromatic carbocycles. The fourth-order valence-corrected chi connectivity index (χ4v) is 2.20. The first-order valence-corrected chi connectivity index (χ1v) is 6.65. The summed E-state index contributed by atoms with van der Waals surface area (Å²) in [5.41, 5.74) is 1.09. The maximum Gasteiger partial charge on any atom is 0.231 e. The average molecular weight is 311 g/mol. The number of aliphatic hydroxyl groups is 1. The highest BCUT2D eigenvalue weighted by Gasteiger charge is 2.18. The first kappa shape index (κ1) is 14.0. The van der Waals surface area contributed by atoms with Gasteiger partial charge < -0.3 is 19.3 Å². The maximum atomic E-state index is 13.2. The van der Waals surface area contributed by atoms with E-state index in [2.05, 4.69) is 0 Å². The van der Waals surface area contributed by atoms with E-state index >= 15 is 0 Å². The number of rotatable bonds is 4. The van der Waals surface area contributed by atoms with Crippen molar-refractivity contribution >= 4 is 11.6 Å². The lowest BCUT2D eigenvalue weighted by molar-refractivity contribution is 0.173. The molecule has 110 valence electrons. The molecule has 4 nitrogen and oxygen atoms in total. The summed E-state index contributed by atoms with van der Waals surface area (Å²) in [6, 6.07) is 7.37. The Labute approximate surface area is 125 Å². The van der Waals surface area contributed by atoms with Crippen molar-refractivity contribution in [1.29, 1.82) is 0 Å². The average Bonchev–Trinajstić information content (AvgIpc) is 2.94. The normalized spacial score (nSPS) is 12.5. The number of hydrogen-bond donors (Lipinski definition) is 1. The molecule has 0 saturated heterocycles. The molecular formula is C15H12ClFO4. The SMILES string of the molecule is OCc1cc2c(cc1OCc1cc(F)ccc1Cl)OCO2. The molecule has 0 spiro atoms. The van der Waals surface area contributed by atoms with E-state index in [0.29, 0.717) is 33.4 Å². The summed E-state index contributed by atoms with van der Waals surface area (Å²) in [5, 5.41) is 9.80. The molecule has 2 aromatic rings. The predicted molar refractivity (Wildman–Crippen MR) is 74.2 cm³/mol. The molecule has 0 bridgehead atoms. The zero-order valence-electron chi connectivity index (χ0n) is 10.9. The molecule has 0 aromatic heterocycles. The lowest BCUT2D eigenvalue weighted by atomic mass is 10.2. The quantitative estimate of drug-likeness (QED) is 0.941. The van der Waals surface area contributed by atoms with E-state index in [4.69, 9.17) is 25.8 Å². The molecule has 3 rings (SSSR count). The summed E-state index contributed by atoms with van der Waals surface area (Å²) < 4.78 is 29.3. The zero-order valence-corrected chi connectivity index (χ0v) is 11.7. The number of hydrogen-bond acceptors (Lipinski definition) is 4. The van der Waals surface area contributed by atoms with Crippen molar-refractivity contribution in [2.75, 3.05) is 6.79 Å². The predicted octanol–water partition coefficient (Wildman–Crippen LogP) is 3.28. The number of halogens is 2. The number of benzene rings is 2. The van der Waals surface area contributed by atoms with Crippen molar-refractivity contribution in [3.8, 4) is 17.2 Å². The second-order valence-electron chi connectivity index (χ2n) is 4.50. The third kappa shape index (κ3) is 2.89. The van der Waals surface area contributed by atoms with Gasteiger partial charge in [-0.15, -0.1) is 0 Å². The van der Waals surface area contributed by atoms with Crippen molar-refractivity contribution in [2.45, 2.75) is 13.2 Å². The third-order valence-corrected chi connectivity index (χ3v) is 3.49. The Kier molecular flexibility index (Phi) is 3.86. The minimum absolute atomic E-state index is 0.0865. The van der Waals surface area contributed by atoms with Gasteiger partial charge in [0.25, 0.3) is 0 Å². The minimum atomic E-state index is -0.383. The highest BCUT2D eigenvalue weighted by atomic mass is 35.5. The molecule has 6 heteroatoms. The van der Waals surface area contributed by atoms with Crippen molar-refractivity contribution in [2.24, 2.45) is 0 Å². The van der Waals surface area contributed by atoms with Crippen molar-refractivity contribution in [1.82, 2.24) is 0 Å². The second-order valence-corrected chi connectivity index (χ2v) is 4.90. The van der Waals surface area contributed by atoms with Crippen LogP contribution in [0.3, 0.4) is 0 Å². The van der Waals surface area contributed by atoms with Crippen molar-refractivity contribution in [3.05, 3.63) is 52.3 Å². The summed E-state index contributed by atoms with van der Waals surface area (Å²) in [4.78, 5) is 0. The van der Waals surface area contributed by atoms with Gasteiger partial charge >= 0.3 is 0 Å². The topological polar surface area (TPSA) is 47.9 Å². The maximum absolute atomic E-state index is 13.2. The van der Waals surface area contributed by atoms with Crippen LogP contribution in [0.4, 0.5) is 4.39 Å². The molecule has 1 N–H and O–H groups in total. The Balaban J connectivity index is 1.83. The summed E-state index contributed by atoms with van der Waals surface area (Å²) in [6.45, 7) is 0.0193. The summed E-state index contributed by atoms with van der Waals surface area (Å²) in [5.74, 6) is 1.18. The van der Waals surface area contributed by atoms with Crippen molar-refractivity contribution < 1.29 is 23.7 Å². The van der Waals surface area contributed by atoms with Crippen LogP contribution in [0.15, 0.2) is 30.3 Å². The Morgan fingerprint density at radius 1 is 1.14 bits per heavy atom. The molecule has 0 amide bonds. The molecule has 0 aliphatic carbocycles. The van der Waals surface area contributed by atoms with Crippen LogP contribution in [0.2, 0.25) is 5.02 Å². The van der Waals surface area contributed by atoms with E-state index < -0.39 is 0 Å². The molecule has 1 heterocycles. The van der Waals surface area contributed by atoms with Gasteiger partial charge in [0.15, 0.2) is 11.5 Å². The largest absolute Gasteiger partial charge is 0.488 e. The molecule has 0 saturated carbocycles. The van der Waals surface area contributed by atoms with E-state index in [1.54, 1.807) is 12.1 Å². The molecular weight excluding hydrogens is 299 g/mol. The van der Waals surface area contributed by atoms with Crippen LogP contribution in [-0.2, 0) is 13.2 Å². The first-order valence-electron chi connectivity index (χ1n) is 6.27. The number of ether oxygens (including phenoxy) is 3. The molecule has 0 fully saturated rings. The van der Waals surface area contributed by atoms with Gasteiger partial charge in [0.1, 0.15) is 18.2 Å². The van der Waals surface area contributed by atoms with Crippen LogP contribution in [0.1, 0.15) is 11.1 Å². The smallest absolute Gasteiger partial charge is 0.231 e. The minimum Gasteiger partial charge on any atom is -0.488 e. The molecule has 21 heavy (non-hydrogen) atoms. The van der Waals surface area contributed by atoms with Crippen molar-refractivity contribution in [3.63, 3.8) is 0 Å². The molecule has 1 aliphatic heterocycles. The van der Waals surface area contributed by atoms with Crippen LogP contribution < -0.4 is 14.2 Å². The van der Waals surface area contributed by atoms with E-state index in [1.807, 2.05) is 0 Å². The molecule has 0 radical (unpaired) electrons. The standard InChI is InChI=1S/C15H12ClFO4/c16-12-2-1-11(17)3-10(12)7-19-13-5-15-14(20-8-21-15)4-9(13)6-18/h1-5,18H,6-8H2. The van der Waals surface area contributed by atoms with E-state index in [-0.39, 0.29) is 25.8 Å². The summed E-state index contributed by atoms with van der Waals surface area (Å²) in [6.07, 6.45) is 0. The Hall–Kier alpha value is -1.98. The highest BCUT2D eigenvalue weighted by molar-refractivity contribution is 6.31. The summed E-state index contributed by atoms with van der Waals surface area (Å²) >= 11 is 5.99. The van der Waals surface area contributed by atoms with Crippen LogP contribution >= 0.6 is 11.6 Å². The van der Waals surface area contributed by atoms with Crippen LogP contribution in [0, 0.1) is 5.82 Å². The molecule has 0 atom stereocenters. The Morgan fingerprint density at radius 3 is 2.67 bits per heavy atom. The molecule has 0 unspecified atom stereocenters. The van der Waals surface area contributed by atoms with Gasteiger partial charge in [-0.1, -0.05) is 11.6 Å². The van der Waals surface area contributed by atoms with E-state index in [1.165, 1.54) is 18.2 Å². The third-order valence-electron chi connectivity index (χ3n) is 3.12. The van der Waals surface area contributed by atoms with Crippen LogP contribution in [-0.4, -0.2) is 11.9 Å². The number of fused-ring (bicyclic) bond motifs is 1. The van der Waals surface area contributed by atoms with Gasteiger partial charge in [-0.05, 0) is 24.3 Å². The van der Waals surface area contributed by atoms with E-state index in [9.17, 15) is 9.50 Å². The monoisotopic (exact) mass is 310 g/mol. The van der Waals surface area contributed by atoms with Gasteiger partial charge in [-0.2, -0.15) is 0 Å². The second kappa shape index (κ2) is 5.79. The van der Waals surface area contributed by atoms with Crippen LogP contribution in [0.25, 0.3) is 0 Å². The van der Waals surface area contributed by atoms with Gasteiger partial charge in [0.2, 0.25) is 6.79 Å². The van der Waals surface area contributed by atoms with Gasteiger partial charge in [-0.3, -0.25) is 0 Å². The number of aliphatic hydroxyl groups excluding tert-OH is 1. The Bertz CT molecular complexity index is 675. The van der Waals surface area contributed by atoms with Crippen LogP contribution in [0.5, 0.6) is 17.2 Å². The zero-order chi connectivity index (χ0) is 14.8. The summed E-state index contributed by atoms with van der Waals surface area (Å²) in [7, 11) is 0. The van der Waals surface area contributed by atoms with E-state index in [0.717, 1.165) is 0 Å². The lowest BCUT2D eigenvalue weighted by Crippen LogP contribution is -2.00. The fraction of sp³-hybridized carbons (Fsp3) is 0.200. The molecule has 1 aliphatic rings. The first-order chi connectivity index (χ1) is 10.2. The van der Waals surface area contributed by atoms with Gasteiger partial charge in [0.05, 0.1) is 6.61 Å². The highest BCUT2D eigenvalue weighted by Crippen LogP contribution is 2.38. The van der Waals surface area contributed by atoms with Gasteiger partial charge in [-0.25, -0.2) is 4.39 Å². The fourth-order valence-electron chi connectivity index (χ4n) is 2.03. The Morgan fingerprint density at radius 2 is 1.90 bits per heavy atom. The lowest BCUT2D eigenvalue weighted by Gasteiger charge is -2.12.